The Bertz CT molecular complexity index is 1500. The highest BCUT2D eigenvalue weighted by molar-refractivity contribution is 5.85. The van der Waals surface area contributed by atoms with E-state index in [1.807, 2.05) is 30.3 Å². The van der Waals surface area contributed by atoms with Crippen molar-refractivity contribution in [2.75, 3.05) is 11.4 Å². The summed E-state index contributed by atoms with van der Waals surface area (Å²) in [6.45, 7) is 4.18. The standard InChI is InChI=1S/C27H31N5O2/c1-18-15-30(21-12-4-3-5-13-21)26-28-24-23(31(26)16-18)25(33)32(27(34)29(24)2)17-20-11-8-10-19-9-6-7-14-22(19)20/h6-11,14,18,21H,3-5,12-13,15-17H2,1-2H3/t18-/m0/s1. The van der Waals surface area contributed by atoms with Crippen LogP contribution in [0.5, 0.6) is 0 Å². The van der Waals surface area contributed by atoms with E-state index in [9.17, 15) is 9.59 Å². The van der Waals surface area contributed by atoms with Crippen LogP contribution in [-0.2, 0) is 20.1 Å². The Morgan fingerprint density at radius 2 is 1.74 bits per heavy atom. The first-order valence-electron chi connectivity index (χ1n) is 12.5. The lowest BCUT2D eigenvalue weighted by Gasteiger charge is -2.40. The zero-order valence-corrected chi connectivity index (χ0v) is 19.9. The molecular formula is C27H31N5O2. The van der Waals surface area contributed by atoms with Crippen molar-refractivity contribution < 1.29 is 0 Å². The van der Waals surface area contributed by atoms with E-state index >= 15 is 0 Å². The molecule has 2 aromatic heterocycles. The monoisotopic (exact) mass is 457 g/mol. The van der Waals surface area contributed by atoms with Crippen molar-refractivity contribution in [2.45, 2.75) is 58.2 Å². The van der Waals surface area contributed by atoms with Crippen LogP contribution in [-0.4, -0.2) is 31.3 Å². The predicted octanol–water partition coefficient (Wildman–Crippen LogP) is 3.89. The Labute approximate surface area is 198 Å². The van der Waals surface area contributed by atoms with E-state index in [0.29, 0.717) is 23.1 Å². The van der Waals surface area contributed by atoms with E-state index in [-0.39, 0.29) is 17.8 Å². The molecule has 176 valence electrons. The van der Waals surface area contributed by atoms with Crippen molar-refractivity contribution in [1.82, 2.24) is 18.7 Å². The molecule has 0 saturated heterocycles. The molecule has 1 aliphatic heterocycles. The summed E-state index contributed by atoms with van der Waals surface area (Å²) in [5, 5.41) is 2.16. The molecule has 7 nitrogen and oxygen atoms in total. The van der Waals surface area contributed by atoms with Crippen molar-refractivity contribution >= 4 is 27.9 Å². The summed E-state index contributed by atoms with van der Waals surface area (Å²) >= 11 is 0. The summed E-state index contributed by atoms with van der Waals surface area (Å²) in [5.41, 5.74) is 1.44. The topological polar surface area (TPSA) is 65.1 Å². The Morgan fingerprint density at radius 1 is 0.971 bits per heavy atom. The summed E-state index contributed by atoms with van der Waals surface area (Å²) < 4.78 is 5.01. The molecule has 2 aromatic carbocycles. The summed E-state index contributed by atoms with van der Waals surface area (Å²) in [6, 6.07) is 14.6. The van der Waals surface area contributed by atoms with Gasteiger partial charge in [-0.2, -0.15) is 4.98 Å². The van der Waals surface area contributed by atoms with Gasteiger partial charge in [-0.1, -0.05) is 68.7 Å². The molecule has 1 atom stereocenters. The van der Waals surface area contributed by atoms with Gasteiger partial charge >= 0.3 is 5.69 Å². The molecule has 3 heterocycles. The molecule has 0 spiro atoms. The normalized spacial score (nSPS) is 19.1. The molecule has 34 heavy (non-hydrogen) atoms. The first-order chi connectivity index (χ1) is 16.5. The van der Waals surface area contributed by atoms with Crippen LogP contribution >= 0.6 is 0 Å². The SMILES string of the molecule is C[C@H]1CN(C2CCCCC2)c2nc3c(c(=O)n(Cc4cccc5ccccc45)c(=O)n3C)n2C1. The molecule has 6 rings (SSSR count). The van der Waals surface area contributed by atoms with Crippen LogP contribution in [0, 0.1) is 5.92 Å². The molecule has 0 unspecified atom stereocenters. The maximum Gasteiger partial charge on any atom is 0.332 e. The quantitative estimate of drug-likeness (QED) is 0.468. The highest BCUT2D eigenvalue weighted by atomic mass is 16.2. The van der Waals surface area contributed by atoms with Crippen molar-refractivity contribution in [3.63, 3.8) is 0 Å². The van der Waals surface area contributed by atoms with Crippen LogP contribution in [0.4, 0.5) is 5.95 Å². The number of aromatic nitrogens is 4. The second kappa shape index (κ2) is 8.15. The maximum absolute atomic E-state index is 13.8. The first kappa shape index (κ1) is 21.2. The minimum absolute atomic E-state index is 0.241. The summed E-state index contributed by atoms with van der Waals surface area (Å²) in [5.74, 6) is 1.27. The van der Waals surface area contributed by atoms with Gasteiger partial charge in [-0.25, -0.2) is 4.79 Å². The van der Waals surface area contributed by atoms with Gasteiger partial charge in [0.25, 0.3) is 5.56 Å². The number of imidazole rings is 1. The lowest BCUT2D eigenvalue weighted by molar-refractivity contribution is 0.354. The second-order valence-electron chi connectivity index (χ2n) is 10.1. The molecule has 4 aromatic rings. The van der Waals surface area contributed by atoms with E-state index < -0.39 is 0 Å². The molecule has 1 aliphatic carbocycles. The van der Waals surface area contributed by atoms with E-state index in [1.165, 1.54) is 36.7 Å². The fraction of sp³-hybridized carbons (Fsp3) is 0.444. The first-order valence-corrected chi connectivity index (χ1v) is 12.5. The summed E-state index contributed by atoms with van der Waals surface area (Å²) in [6.07, 6.45) is 6.11. The molecular weight excluding hydrogens is 426 g/mol. The molecule has 0 N–H and O–H groups in total. The van der Waals surface area contributed by atoms with Gasteiger partial charge in [-0.05, 0) is 35.1 Å². The Hall–Kier alpha value is -3.35. The van der Waals surface area contributed by atoms with Crippen LogP contribution in [0.2, 0.25) is 0 Å². The number of benzene rings is 2. The van der Waals surface area contributed by atoms with E-state index in [1.54, 1.807) is 11.6 Å². The molecule has 1 fully saturated rings. The number of aryl methyl sites for hydroxylation is 1. The van der Waals surface area contributed by atoms with Crippen LogP contribution < -0.4 is 16.1 Å². The highest BCUT2D eigenvalue weighted by Crippen LogP contribution is 2.33. The zero-order valence-electron chi connectivity index (χ0n) is 19.9. The predicted molar refractivity (Wildman–Crippen MR) is 136 cm³/mol. The average molecular weight is 458 g/mol. The number of rotatable bonds is 3. The Morgan fingerprint density at radius 3 is 2.56 bits per heavy atom. The highest BCUT2D eigenvalue weighted by Gasteiger charge is 2.33. The van der Waals surface area contributed by atoms with Crippen LogP contribution in [0.3, 0.4) is 0 Å². The van der Waals surface area contributed by atoms with E-state index in [2.05, 4.69) is 28.5 Å². The maximum atomic E-state index is 13.8. The largest absolute Gasteiger partial charge is 0.339 e. The zero-order chi connectivity index (χ0) is 23.4. The molecule has 0 bridgehead atoms. The Kier molecular flexibility index (Phi) is 5.08. The van der Waals surface area contributed by atoms with Gasteiger partial charge in [0.05, 0.1) is 6.54 Å². The van der Waals surface area contributed by atoms with Crippen molar-refractivity contribution in [3.05, 3.63) is 68.9 Å². The van der Waals surface area contributed by atoms with Gasteiger partial charge in [0.1, 0.15) is 0 Å². The fourth-order valence-electron chi connectivity index (χ4n) is 5.98. The van der Waals surface area contributed by atoms with Crippen molar-refractivity contribution in [2.24, 2.45) is 13.0 Å². The van der Waals surface area contributed by atoms with Crippen molar-refractivity contribution in [1.29, 1.82) is 0 Å². The number of hydrogen-bond donors (Lipinski definition) is 0. The Balaban J connectivity index is 1.52. The second-order valence-corrected chi connectivity index (χ2v) is 10.1. The molecule has 2 aliphatic rings. The van der Waals surface area contributed by atoms with Gasteiger partial charge < -0.3 is 9.47 Å². The van der Waals surface area contributed by atoms with Gasteiger partial charge in [-0.15, -0.1) is 0 Å². The summed E-state index contributed by atoms with van der Waals surface area (Å²) in [7, 11) is 1.73. The summed E-state index contributed by atoms with van der Waals surface area (Å²) in [4.78, 5) is 34.5. The van der Waals surface area contributed by atoms with Gasteiger partial charge in [0.2, 0.25) is 5.95 Å². The number of anilines is 1. The van der Waals surface area contributed by atoms with Gasteiger partial charge in [0.15, 0.2) is 11.2 Å². The number of hydrogen-bond acceptors (Lipinski definition) is 4. The number of nitrogens with zero attached hydrogens (tertiary/aromatic N) is 5. The third kappa shape index (κ3) is 3.29. The number of fused-ring (bicyclic) bond motifs is 4. The third-order valence-corrected chi connectivity index (χ3v) is 7.70. The lowest BCUT2D eigenvalue weighted by atomic mass is 9.93. The minimum Gasteiger partial charge on any atom is -0.339 e. The lowest BCUT2D eigenvalue weighted by Crippen LogP contribution is -2.45. The minimum atomic E-state index is -0.321. The third-order valence-electron chi connectivity index (χ3n) is 7.70. The van der Waals surface area contributed by atoms with E-state index in [0.717, 1.165) is 35.4 Å². The molecule has 0 radical (unpaired) electrons. The molecule has 1 saturated carbocycles. The van der Waals surface area contributed by atoms with Crippen LogP contribution in [0.1, 0.15) is 44.6 Å². The van der Waals surface area contributed by atoms with E-state index in [4.69, 9.17) is 4.98 Å². The van der Waals surface area contributed by atoms with Gasteiger partial charge in [-0.3, -0.25) is 13.9 Å². The van der Waals surface area contributed by atoms with Crippen LogP contribution in [0.25, 0.3) is 21.9 Å². The molecule has 0 amide bonds. The molecule has 7 heteroatoms. The smallest absolute Gasteiger partial charge is 0.332 e. The van der Waals surface area contributed by atoms with Crippen LogP contribution in [0.15, 0.2) is 52.1 Å². The van der Waals surface area contributed by atoms with Gasteiger partial charge in [0, 0.05) is 26.2 Å². The fourth-order valence-corrected chi connectivity index (χ4v) is 5.98. The van der Waals surface area contributed by atoms with Crippen molar-refractivity contribution in [3.8, 4) is 0 Å². The average Bonchev–Trinajstić information content (AvgIpc) is 3.25.